The van der Waals surface area contributed by atoms with Crippen LogP contribution in [0, 0.1) is 0 Å². The first kappa shape index (κ1) is 17.0. The Hall–Kier alpha value is -1.88. The van der Waals surface area contributed by atoms with Crippen molar-refractivity contribution in [3.63, 3.8) is 0 Å². The van der Waals surface area contributed by atoms with Gasteiger partial charge in [-0.1, -0.05) is 36.8 Å². The van der Waals surface area contributed by atoms with Gasteiger partial charge in [0.05, 0.1) is 12.1 Å². The van der Waals surface area contributed by atoms with E-state index in [1.54, 1.807) is 0 Å². The minimum Gasteiger partial charge on any atom is -0.369 e. The molecule has 1 aromatic carbocycles. The minimum atomic E-state index is -0.300. The van der Waals surface area contributed by atoms with Crippen LogP contribution in [0.1, 0.15) is 44.6 Å². The highest BCUT2D eigenvalue weighted by atomic mass is 16.2. The van der Waals surface area contributed by atoms with Crippen LogP contribution in [0.4, 0.5) is 0 Å². The van der Waals surface area contributed by atoms with Gasteiger partial charge in [0.15, 0.2) is 0 Å². The zero-order chi connectivity index (χ0) is 17.2. The molecule has 0 spiro atoms. The number of likely N-dealkylation sites (tertiary alicyclic amines) is 1. The van der Waals surface area contributed by atoms with Crippen LogP contribution in [0.25, 0.3) is 0 Å². The maximum Gasteiger partial charge on any atom is 0.231 e. The molecule has 2 amide bonds. The molecule has 3 atom stereocenters. The summed E-state index contributed by atoms with van der Waals surface area (Å²) in [6.07, 6.45) is 5.24. The first-order chi connectivity index (χ1) is 11.5. The average molecular weight is 329 g/mol. The van der Waals surface area contributed by atoms with Crippen molar-refractivity contribution in [2.45, 2.75) is 63.1 Å². The number of primary amides is 1. The monoisotopic (exact) mass is 329 g/mol. The van der Waals surface area contributed by atoms with Crippen molar-refractivity contribution in [2.24, 2.45) is 5.73 Å². The molecule has 3 N–H and O–H groups in total. The Morgan fingerprint density at radius 3 is 2.79 bits per heavy atom. The van der Waals surface area contributed by atoms with Crippen molar-refractivity contribution in [1.82, 2.24) is 10.2 Å². The van der Waals surface area contributed by atoms with Crippen molar-refractivity contribution < 1.29 is 9.59 Å². The number of hydrogen-bond donors (Lipinski definition) is 2. The van der Waals surface area contributed by atoms with Crippen LogP contribution < -0.4 is 11.1 Å². The summed E-state index contributed by atoms with van der Waals surface area (Å²) in [6, 6.07) is 10.7. The molecule has 0 saturated carbocycles. The summed E-state index contributed by atoms with van der Waals surface area (Å²) in [5.41, 5.74) is 6.49. The second-order valence-corrected chi connectivity index (χ2v) is 7.41. The van der Waals surface area contributed by atoms with E-state index in [2.05, 4.69) is 29.3 Å². The van der Waals surface area contributed by atoms with Crippen LogP contribution in [0.15, 0.2) is 30.3 Å². The van der Waals surface area contributed by atoms with Gasteiger partial charge < -0.3 is 11.1 Å². The van der Waals surface area contributed by atoms with Crippen molar-refractivity contribution in [1.29, 1.82) is 0 Å². The molecule has 2 aliphatic rings. The molecule has 0 aromatic heterocycles. The Bertz CT molecular complexity index is 604. The first-order valence-corrected chi connectivity index (χ1v) is 8.87. The second-order valence-electron chi connectivity index (χ2n) is 7.41. The molecule has 130 valence electrons. The van der Waals surface area contributed by atoms with Crippen LogP contribution in [0.3, 0.4) is 0 Å². The molecule has 0 aliphatic carbocycles. The van der Waals surface area contributed by atoms with E-state index in [0.717, 1.165) is 32.1 Å². The summed E-state index contributed by atoms with van der Waals surface area (Å²) >= 11 is 0. The van der Waals surface area contributed by atoms with Gasteiger partial charge in [0.1, 0.15) is 0 Å². The van der Waals surface area contributed by atoms with Crippen LogP contribution in [-0.4, -0.2) is 40.9 Å². The normalized spacial score (nSPS) is 31.0. The lowest BCUT2D eigenvalue weighted by Gasteiger charge is -2.37. The third-order valence-electron chi connectivity index (χ3n) is 5.47. The van der Waals surface area contributed by atoms with Gasteiger partial charge in [-0.2, -0.15) is 0 Å². The van der Waals surface area contributed by atoms with Gasteiger partial charge in [0.2, 0.25) is 11.8 Å². The fraction of sp³-hybridized carbons (Fsp3) is 0.579. The van der Waals surface area contributed by atoms with Gasteiger partial charge in [-0.15, -0.1) is 0 Å². The molecule has 1 aromatic rings. The van der Waals surface area contributed by atoms with E-state index in [0.29, 0.717) is 6.42 Å². The first-order valence-electron chi connectivity index (χ1n) is 8.87. The van der Waals surface area contributed by atoms with E-state index in [1.807, 2.05) is 18.2 Å². The fourth-order valence-corrected chi connectivity index (χ4v) is 4.48. The van der Waals surface area contributed by atoms with E-state index >= 15 is 0 Å². The lowest BCUT2D eigenvalue weighted by Crippen LogP contribution is -2.56. The SMILES string of the molecule is C[C@]12C[C@@H](Cc3ccccc3)N(CC(N)=O)[C@H]1CCCCC(=O)N2. The Kier molecular flexibility index (Phi) is 4.90. The standard InChI is InChI=1S/C19H27N3O2/c1-19-12-15(11-14-7-3-2-4-8-14)22(13-17(20)23)16(19)9-5-6-10-18(24)21-19/h2-4,7-8,15-16H,5-6,9-13H2,1H3,(H2,20,23)(H,21,24)/t15-,16+,19+/m1/s1. The number of nitrogens with one attached hydrogen (secondary N) is 1. The summed E-state index contributed by atoms with van der Waals surface area (Å²) in [7, 11) is 0. The summed E-state index contributed by atoms with van der Waals surface area (Å²) in [4.78, 5) is 26.0. The van der Waals surface area contributed by atoms with Crippen LogP contribution >= 0.6 is 0 Å². The van der Waals surface area contributed by atoms with Gasteiger partial charge in [-0.25, -0.2) is 0 Å². The summed E-state index contributed by atoms with van der Waals surface area (Å²) < 4.78 is 0. The smallest absolute Gasteiger partial charge is 0.231 e. The lowest BCUT2D eigenvalue weighted by atomic mass is 9.85. The number of carbonyl (C=O) groups is 2. The molecule has 0 unspecified atom stereocenters. The molecule has 0 radical (unpaired) electrons. The summed E-state index contributed by atoms with van der Waals surface area (Å²) in [5.74, 6) is -0.174. The molecule has 24 heavy (non-hydrogen) atoms. The van der Waals surface area contributed by atoms with Crippen molar-refractivity contribution in [2.75, 3.05) is 6.54 Å². The van der Waals surface area contributed by atoms with Gasteiger partial charge in [0.25, 0.3) is 0 Å². The van der Waals surface area contributed by atoms with Crippen molar-refractivity contribution in [3.05, 3.63) is 35.9 Å². The van der Waals surface area contributed by atoms with Crippen LogP contribution in [-0.2, 0) is 16.0 Å². The minimum absolute atomic E-state index is 0.126. The molecule has 0 bridgehead atoms. The predicted molar refractivity (Wildman–Crippen MR) is 93.3 cm³/mol. The molecule has 3 rings (SSSR count). The number of rotatable bonds is 4. The molecule has 5 nitrogen and oxygen atoms in total. The fourth-order valence-electron chi connectivity index (χ4n) is 4.48. The zero-order valence-electron chi connectivity index (χ0n) is 14.3. The molecule has 2 fully saturated rings. The topological polar surface area (TPSA) is 75.4 Å². The molecule has 2 saturated heterocycles. The number of amides is 2. The predicted octanol–water partition coefficient (Wildman–Crippen LogP) is 1.61. The summed E-state index contributed by atoms with van der Waals surface area (Å²) in [5, 5.41) is 3.24. The molecule has 2 aliphatic heterocycles. The maximum atomic E-state index is 12.2. The lowest BCUT2D eigenvalue weighted by molar-refractivity contribution is -0.123. The highest BCUT2D eigenvalue weighted by Crippen LogP contribution is 2.38. The quantitative estimate of drug-likeness (QED) is 0.881. The molecular weight excluding hydrogens is 302 g/mol. The maximum absolute atomic E-state index is 12.2. The van der Waals surface area contributed by atoms with Gasteiger partial charge in [0, 0.05) is 18.5 Å². The summed E-state index contributed by atoms with van der Waals surface area (Å²) in [6.45, 7) is 2.38. The van der Waals surface area contributed by atoms with Gasteiger partial charge >= 0.3 is 0 Å². The largest absolute Gasteiger partial charge is 0.369 e. The highest BCUT2D eigenvalue weighted by molar-refractivity contribution is 5.77. The van der Waals surface area contributed by atoms with Crippen molar-refractivity contribution in [3.8, 4) is 0 Å². The number of fused-ring (bicyclic) bond motifs is 1. The Labute approximate surface area is 143 Å². The van der Waals surface area contributed by atoms with E-state index in [1.165, 1.54) is 5.56 Å². The third kappa shape index (κ3) is 3.61. The number of carbonyl (C=O) groups excluding carboxylic acids is 2. The van der Waals surface area contributed by atoms with Crippen LogP contribution in [0.2, 0.25) is 0 Å². The van der Waals surface area contributed by atoms with E-state index < -0.39 is 0 Å². The number of nitrogens with two attached hydrogens (primary N) is 1. The zero-order valence-corrected chi connectivity index (χ0v) is 14.3. The second kappa shape index (κ2) is 6.93. The number of hydrogen-bond acceptors (Lipinski definition) is 3. The van der Waals surface area contributed by atoms with Gasteiger partial charge in [-0.3, -0.25) is 14.5 Å². The van der Waals surface area contributed by atoms with E-state index in [9.17, 15) is 9.59 Å². The highest BCUT2D eigenvalue weighted by Gasteiger charge is 2.50. The Morgan fingerprint density at radius 1 is 1.33 bits per heavy atom. The number of nitrogens with zero attached hydrogens (tertiary/aromatic N) is 1. The Balaban J connectivity index is 1.86. The molecular formula is C19H27N3O2. The Morgan fingerprint density at radius 2 is 2.08 bits per heavy atom. The van der Waals surface area contributed by atoms with Gasteiger partial charge in [-0.05, 0) is 38.2 Å². The average Bonchev–Trinajstić information content (AvgIpc) is 2.74. The van der Waals surface area contributed by atoms with Crippen molar-refractivity contribution >= 4 is 11.8 Å². The van der Waals surface area contributed by atoms with E-state index in [-0.39, 0.29) is 36.0 Å². The molecule has 5 heteroatoms. The molecule has 2 heterocycles. The third-order valence-corrected chi connectivity index (χ3v) is 5.47. The van der Waals surface area contributed by atoms with E-state index in [4.69, 9.17) is 5.73 Å². The van der Waals surface area contributed by atoms with Crippen LogP contribution in [0.5, 0.6) is 0 Å². The number of benzene rings is 1.